The molecule has 8 nitrogen and oxygen atoms in total. The lowest BCUT2D eigenvalue weighted by Crippen LogP contribution is -2.53. The number of para-hydroxylation sites is 1. The Hall–Kier alpha value is -3.78. The maximum absolute atomic E-state index is 13.9. The van der Waals surface area contributed by atoms with Crippen LogP contribution < -0.4 is 0 Å². The van der Waals surface area contributed by atoms with Crippen LogP contribution in [0.4, 0.5) is 0 Å². The molecule has 1 aromatic carbocycles. The Morgan fingerprint density at radius 2 is 1.85 bits per heavy atom. The van der Waals surface area contributed by atoms with Crippen LogP contribution in [0.3, 0.4) is 0 Å². The topological polar surface area (TPSA) is 95.6 Å². The predicted octanol–water partition coefficient (Wildman–Crippen LogP) is 4.73. The number of ketones is 1. The number of ether oxygens (including phenoxy) is 1. The van der Waals surface area contributed by atoms with Gasteiger partial charge >= 0.3 is 0 Å². The second kappa shape index (κ2) is 10.3. The molecule has 208 valence electrons. The smallest absolute Gasteiger partial charge is 0.272 e. The Bertz CT molecular complexity index is 1450. The van der Waals surface area contributed by atoms with E-state index in [1.165, 1.54) is 5.57 Å². The van der Waals surface area contributed by atoms with E-state index in [1.807, 2.05) is 67.0 Å². The Balaban J connectivity index is 1.12. The summed E-state index contributed by atoms with van der Waals surface area (Å²) in [6.45, 7) is 8.35. The summed E-state index contributed by atoms with van der Waals surface area (Å²) in [5, 5.41) is 0.982. The van der Waals surface area contributed by atoms with Gasteiger partial charge in [0.05, 0.1) is 36.9 Å². The predicted molar refractivity (Wildman–Crippen MR) is 153 cm³/mol. The van der Waals surface area contributed by atoms with Crippen molar-refractivity contribution in [3.05, 3.63) is 71.7 Å². The number of H-pyrrole nitrogens is 1. The zero-order chi connectivity index (χ0) is 28.0. The molecule has 0 aliphatic carbocycles. The monoisotopic (exact) mass is 540 g/mol. The lowest BCUT2D eigenvalue weighted by atomic mass is 9.76. The summed E-state index contributed by atoms with van der Waals surface area (Å²) >= 11 is 0. The summed E-state index contributed by atoms with van der Waals surface area (Å²) in [7, 11) is 0. The number of aromatic amines is 1. The van der Waals surface area contributed by atoms with Crippen molar-refractivity contribution in [1.82, 2.24) is 19.8 Å². The number of benzene rings is 1. The molecule has 0 radical (unpaired) electrons. The van der Waals surface area contributed by atoms with Gasteiger partial charge in [0.2, 0.25) is 5.91 Å². The van der Waals surface area contributed by atoms with E-state index in [9.17, 15) is 14.4 Å². The average Bonchev–Trinajstić information content (AvgIpc) is 3.69. The van der Waals surface area contributed by atoms with Gasteiger partial charge in [-0.3, -0.25) is 19.4 Å². The number of rotatable bonds is 6. The van der Waals surface area contributed by atoms with Gasteiger partial charge in [0.1, 0.15) is 5.69 Å². The molecule has 0 saturated carbocycles. The first-order valence-corrected chi connectivity index (χ1v) is 14.1. The Labute approximate surface area is 234 Å². The zero-order valence-corrected chi connectivity index (χ0v) is 23.4. The quantitative estimate of drug-likeness (QED) is 0.456. The number of hydrogen-bond acceptors (Lipinski definition) is 5. The van der Waals surface area contributed by atoms with E-state index >= 15 is 0 Å². The molecule has 3 aromatic rings. The van der Waals surface area contributed by atoms with Crippen molar-refractivity contribution >= 4 is 34.1 Å². The van der Waals surface area contributed by atoms with Gasteiger partial charge < -0.3 is 19.5 Å². The molecule has 3 atom stereocenters. The third kappa shape index (κ3) is 4.96. The molecule has 2 amide bonds. The first-order valence-electron chi connectivity index (χ1n) is 14.1. The van der Waals surface area contributed by atoms with Gasteiger partial charge in [0, 0.05) is 36.6 Å². The molecule has 2 aromatic heterocycles. The summed E-state index contributed by atoms with van der Waals surface area (Å²) in [4.78, 5) is 52.0. The Morgan fingerprint density at radius 1 is 1.07 bits per heavy atom. The maximum Gasteiger partial charge on any atom is 0.272 e. The van der Waals surface area contributed by atoms with Gasteiger partial charge in [0.25, 0.3) is 5.91 Å². The number of carbonyl (C=O) groups excluding carboxylic acids is 3. The second-order valence-electron chi connectivity index (χ2n) is 12.3. The van der Waals surface area contributed by atoms with E-state index < -0.39 is 5.92 Å². The van der Waals surface area contributed by atoms with Crippen molar-refractivity contribution < 1.29 is 19.1 Å². The molecule has 3 aliphatic rings. The van der Waals surface area contributed by atoms with Crippen LogP contribution in [0.15, 0.2) is 54.7 Å². The molecular formula is C32H36N4O4. The molecular weight excluding hydrogens is 504 g/mol. The summed E-state index contributed by atoms with van der Waals surface area (Å²) < 4.78 is 5.38. The minimum absolute atomic E-state index is 0.00349. The van der Waals surface area contributed by atoms with Crippen LogP contribution in [0.2, 0.25) is 0 Å². The van der Waals surface area contributed by atoms with Gasteiger partial charge in [-0.15, -0.1) is 0 Å². The minimum atomic E-state index is -0.455. The molecule has 2 saturated heterocycles. The number of nitrogens with zero attached hydrogens (tertiary/aromatic N) is 3. The van der Waals surface area contributed by atoms with Crippen molar-refractivity contribution in [2.45, 2.75) is 52.1 Å². The van der Waals surface area contributed by atoms with Crippen LogP contribution in [-0.2, 0) is 9.53 Å². The number of fused-ring (bicyclic) bond motifs is 3. The molecule has 0 spiro atoms. The van der Waals surface area contributed by atoms with Crippen LogP contribution in [0, 0.1) is 11.3 Å². The first-order chi connectivity index (χ1) is 19.2. The van der Waals surface area contributed by atoms with Gasteiger partial charge in [0.15, 0.2) is 5.78 Å². The lowest BCUT2D eigenvalue weighted by molar-refractivity contribution is -0.141. The van der Waals surface area contributed by atoms with Gasteiger partial charge in [-0.2, -0.15) is 0 Å². The number of piperazine rings is 1. The van der Waals surface area contributed by atoms with E-state index in [4.69, 9.17) is 4.74 Å². The third-order valence-electron chi connectivity index (χ3n) is 8.66. The highest BCUT2D eigenvalue weighted by molar-refractivity contribution is 6.01. The fourth-order valence-corrected chi connectivity index (χ4v) is 6.32. The summed E-state index contributed by atoms with van der Waals surface area (Å²) in [6, 6.07) is 13.3. The second-order valence-corrected chi connectivity index (χ2v) is 12.3. The van der Waals surface area contributed by atoms with Crippen molar-refractivity contribution in [3.63, 3.8) is 0 Å². The molecule has 8 heteroatoms. The minimum Gasteiger partial charge on any atom is -0.377 e. The molecule has 3 aliphatic heterocycles. The number of carbonyl (C=O) groups is 3. The van der Waals surface area contributed by atoms with Crippen LogP contribution in [0.1, 0.15) is 66.6 Å². The molecule has 6 rings (SSSR count). The Morgan fingerprint density at radius 3 is 2.50 bits per heavy atom. The van der Waals surface area contributed by atoms with Gasteiger partial charge in [-0.05, 0) is 47.6 Å². The van der Waals surface area contributed by atoms with Crippen molar-refractivity contribution in [1.29, 1.82) is 0 Å². The highest BCUT2D eigenvalue weighted by Crippen LogP contribution is 2.38. The largest absolute Gasteiger partial charge is 0.377 e. The van der Waals surface area contributed by atoms with E-state index in [0.29, 0.717) is 37.7 Å². The maximum atomic E-state index is 13.9. The molecule has 2 bridgehead atoms. The fraction of sp³-hybridized carbons (Fsp3) is 0.438. The van der Waals surface area contributed by atoms with Gasteiger partial charge in [-0.1, -0.05) is 51.1 Å². The van der Waals surface area contributed by atoms with E-state index in [1.54, 1.807) is 12.3 Å². The number of likely N-dealkylation sites (tertiary alicyclic amines) is 2. The van der Waals surface area contributed by atoms with Crippen LogP contribution >= 0.6 is 0 Å². The van der Waals surface area contributed by atoms with Crippen LogP contribution in [-0.4, -0.2) is 75.8 Å². The SMILES string of the molecule is CC(C)(C)[C@H](CC(=O)c1cc2ccccc2[nH]1)C(=O)N1C[C@@H]2C[C@H]1CN2C(=O)c1ccc(C2=CCOCC2)cn1. The summed E-state index contributed by atoms with van der Waals surface area (Å²) in [5.74, 6) is -0.600. The van der Waals surface area contributed by atoms with Crippen molar-refractivity contribution in [3.8, 4) is 0 Å². The van der Waals surface area contributed by atoms with Crippen molar-refractivity contribution in [2.75, 3.05) is 26.3 Å². The summed E-state index contributed by atoms with van der Waals surface area (Å²) in [5.41, 5.74) is 3.71. The first kappa shape index (κ1) is 26.4. The summed E-state index contributed by atoms with van der Waals surface area (Å²) in [6.07, 6.45) is 5.58. The standard InChI is InChI=1S/C32H36N4O4/c1-32(2,3)25(16-29(37)28-14-21-6-4-5-7-26(21)34-28)30(38)35-18-24-15-23(35)19-36(24)31(39)27-9-8-22(17-33-27)20-10-12-40-13-11-20/h4-10,14,17,23-25,34H,11-13,15-16,18-19H2,1-3H3/t23-,24-,25+/m0/s1. The number of aromatic nitrogens is 2. The molecule has 1 N–H and O–H groups in total. The van der Waals surface area contributed by atoms with E-state index in [-0.39, 0.29) is 41.5 Å². The van der Waals surface area contributed by atoms with Crippen LogP contribution in [0.25, 0.3) is 16.5 Å². The number of amides is 2. The van der Waals surface area contributed by atoms with E-state index in [0.717, 1.165) is 29.3 Å². The molecule has 0 unspecified atom stereocenters. The number of Topliss-reactive ketones (excluding diaryl/α,β-unsaturated/α-hetero) is 1. The normalized spacial score (nSPS) is 21.5. The number of pyridine rings is 1. The molecule has 40 heavy (non-hydrogen) atoms. The van der Waals surface area contributed by atoms with E-state index in [2.05, 4.69) is 16.0 Å². The highest BCUT2D eigenvalue weighted by Gasteiger charge is 2.50. The fourth-order valence-electron chi connectivity index (χ4n) is 6.32. The average molecular weight is 541 g/mol. The third-order valence-corrected chi connectivity index (χ3v) is 8.66. The number of nitrogens with one attached hydrogen (secondary N) is 1. The Kier molecular flexibility index (Phi) is 6.82. The van der Waals surface area contributed by atoms with Crippen LogP contribution in [0.5, 0.6) is 0 Å². The highest BCUT2D eigenvalue weighted by atomic mass is 16.5. The molecule has 5 heterocycles. The lowest BCUT2D eigenvalue weighted by Gasteiger charge is -2.39. The number of hydrogen-bond donors (Lipinski definition) is 1. The zero-order valence-electron chi connectivity index (χ0n) is 23.4. The van der Waals surface area contributed by atoms with Gasteiger partial charge in [-0.25, -0.2) is 0 Å². The molecule has 2 fully saturated rings. The van der Waals surface area contributed by atoms with Crippen molar-refractivity contribution in [2.24, 2.45) is 11.3 Å².